The van der Waals surface area contributed by atoms with Gasteiger partial charge in [0.2, 0.25) is 0 Å². The summed E-state index contributed by atoms with van der Waals surface area (Å²) in [6.07, 6.45) is 9.99. The maximum absolute atomic E-state index is 4.19. The molecular weight excluding hydrogens is 224 g/mol. The van der Waals surface area contributed by atoms with Gasteiger partial charge >= 0.3 is 0 Å². The Morgan fingerprint density at radius 3 is 3.00 bits per heavy atom. The smallest absolute Gasteiger partial charge is 0.0492 e. The van der Waals surface area contributed by atoms with E-state index in [4.69, 9.17) is 0 Å². The number of aryl methyl sites for hydroxylation is 3. The molecule has 0 aliphatic heterocycles. The first-order chi connectivity index (χ1) is 8.81. The first-order valence-electron chi connectivity index (χ1n) is 6.66. The topological polar surface area (TPSA) is 34.8 Å². The average Bonchev–Trinajstić information content (AvgIpc) is 2.94. The summed E-state index contributed by atoms with van der Waals surface area (Å²) in [6, 6.07) is 5.07. The van der Waals surface area contributed by atoms with Gasteiger partial charge in [-0.05, 0) is 30.5 Å². The van der Waals surface area contributed by atoms with Gasteiger partial charge in [-0.1, -0.05) is 0 Å². The van der Waals surface area contributed by atoms with Gasteiger partial charge in [0.1, 0.15) is 0 Å². The van der Waals surface area contributed by atoms with E-state index < -0.39 is 0 Å². The van der Waals surface area contributed by atoms with Gasteiger partial charge in [0.05, 0.1) is 0 Å². The van der Waals surface area contributed by atoms with Gasteiger partial charge in [-0.25, -0.2) is 0 Å². The molecule has 0 saturated heterocycles. The molecule has 1 aliphatic carbocycles. The van der Waals surface area contributed by atoms with E-state index in [1.807, 2.05) is 17.9 Å². The Labute approximate surface area is 108 Å². The third kappa shape index (κ3) is 2.82. The normalized spacial score (nSPS) is 15.2. The van der Waals surface area contributed by atoms with E-state index >= 15 is 0 Å². The fourth-order valence-electron chi connectivity index (χ4n) is 2.17. The summed E-state index contributed by atoms with van der Waals surface area (Å²) < 4.78 is 4.20. The van der Waals surface area contributed by atoms with Crippen LogP contribution >= 0.6 is 0 Å². The van der Waals surface area contributed by atoms with Gasteiger partial charge in [-0.3, -0.25) is 4.68 Å². The van der Waals surface area contributed by atoms with Crippen molar-refractivity contribution in [1.82, 2.24) is 19.7 Å². The zero-order chi connectivity index (χ0) is 12.4. The van der Waals surface area contributed by atoms with E-state index in [0.29, 0.717) is 0 Å². The highest BCUT2D eigenvalue weighted by molar-refractivity contribution is 5.11. The molecule has 3 rings (SSSR count). The van der Waals surface area contributed by atoms with Crippen molar-refractivity contribution in [3.05, 3.63) is 42.0 Å². The SMILES string of the molecule is Cn1nccc1CCn1ccc(CNC2CC2)c1. The summed E-state index contributed by atoms with van der Waals surface area (Å²) >= 11 is 0. The Balaban J connectivity index is 1.51. The summed E-state index contributed by atoms with van der Waals surface area (Å²) in [6.45, 7) is 2.02. The monoisotopic (exact) mass is 244 g/mol. The van der Waals surface area contributed by atoms with Crippen molar-refractivity contribution in [3.63, 3.8) is 0 Å². The van der Waals surface area contributed by atoms with Crippen LogP contribution in [0.2, 0.25) is 0 Å². The molecule has 4 heteroatoms. The van der Waals surface area contributed by atoms with Crippen LogP contribution in [0.15, 0.2) is 30.7 Å². The van der Waals surface area contributed by atoms with Crippen molar-refractivity contribution < 1.29 is 0 Å². The fourth-order valence-corrected chi connectivity index (χ4v) is 2.17. The maximum Gasteiger partial charge on any atom is 0.0492 e. The fraction of sp³-hybridized carbons (Fsp3) is 0.500. The number of hydrogen-bond donors (Lipinski definition) is 1. The summed E-state index contributed by atoms with van der Waals surface area (Å²) in [4.78, 5) is 0. The van der Waals surface area contributed by atoms with E-state index in [9.17, 15) is 0 Å². The highest BCUT2D eigenvalue weighted by Gasteiger charge is 2.19. The molecule has 0 amide bonds. The van der Waals surface area contributed by atoms with Crippen LogP contribution in [0.25, 0.3) is 0 Å². The summed E-state index contributed by atoms with van der Waals surface area (Å²) in [7, 11) is 2.00. The van der Waals surface area contributed by atoms with Gasteiger partial charge in [0, 0.05) is 56.9 Å². The molecule has 0 aromatic carbocycles. The van der Waals surface area contributed by atoms with Gasteiger partial charge < -0.3 is 9.88 Å². The second kappa shape index (κ2) is 4.98. The van der Waals surface area contributed by atoms with E-state index in [1.54, 1.807) is 0 Å². The van der Waals surface area contributed by atoms with Crippen molar-refractivity contribution in [1.29, 1.82) is 0 Å². The largest absolute Gasteiger partial charge is 0.354 e. The lowest BCUT2D eigenvalue weighted by atomic mass is 10.3. The molecule has 1 saturated carbocycles. The lowest BCUT2D eigenvalue weighted by Gasteiger charge is -2.04. The predicted molar refractivity (Wildman–Crippen MR) is 71.2 cm³/mol. The average molecular weight is 244 g/mol. The summed E-state index contributed by atoms with van der Waals surface area (Å²) in [5.74, 6) is 0. The van der Waals surface area contributed by atoms with Crippen LogP contribution in [0.5, 0.6) is 0 Å². The second-order valence-electron chi connectivity index (χ2n) is 5.11. The molecule has 96 valence electrons. The molecule has 1 aliphatic rings. The van der Waals surface area contributed by atoms with E-state index in [1.165, 1.54) is 24.1 Å². The Morgan fingerprint density at radius 1 is 1.39 bits per heavy atom. The minimum atomic E-state index is 0.780. The van der Waals surface area contributed by atoms with Crippen LogP contribution in [-0.4, -0.2) is 20.4 Å². The first-order valence-corrected chi connectivity index (χ1v) is 6.66. The number of hydrogen-bond acceptors (Lipinski definition) is 2. The zero-order valence-corrected chi connectivity index (χ0v) is 10.8. The number of rotatable bonds is 6. The van der Waals surface area contributed by atoms with Crippen molar-refractivity contribution in [2.45, 2.75) is 38.4 Å². The van der Waals surface area contributed by atoms with Crippen LogP contribution in [0.4, 0.5) is 0 Å². The van der Waals surface area contributed by atoms with Crippen molar-refractivity contribution in [2.75, 3.05) is 0 Å². The molecule has 4 nitrogen and oxygen atoms in total. The Hall–Kier alpha value is -1.55. The molecule has 1 N–H and O–H groups in total. The minimum absolute atomic E-state index is 0.780. The molecule has 0 atom stereocenters. The van der Waals surface area contributed by atoms with Gasteiger partial charge in [-0.15, -0.1) is 0 Å². The predicted octanol–water partition coefficient (Wildman–Crippen LogP) is 1.72. The first kappa shape index (κ1) is 11.5. The molecular formula is C14H20N4. The third-order valence-electron chi connectivity index (χ3n) is 3.53. The third-order valence-corrected chi connectivity index (χ3v) is 3.53. The summed E-state index contributed by atoms with van der Waals surface area (Å²) in [5.41, 5.74) is 2.66. The minimum Gasteiger partial charge on any atom is -0.354 e. The number of nitrogens with one attached hydrogen (secondary N) is 1. The molecule has 18 heavy (non-hydrogen) atoms. The maximum atomic E-state index is 4.19. The van der Waals surface area contributed by atoms with Crippen LogP contribution < -0.4 is 5.32 Å². The molecule has 0 radical (unpaired) electrons. The zero-order valence-electron chi connectivity index (χ0n) is 10.8. The molecule has 0 spiro atoms. The van der Waals surface area contributed by atoms with Gasteiger partial charge in [0.25, 0.3) is 0 Å². The van der Waals surface area contributed by atoms with Crippen LogP contribution in [0, 0.1) is 0 Å². The van der Waals surface area contributed by atoms with E-state index in [0.717, 1.165) is 25.6 Å². The molecule has 2 aromatic rings. The molecule has 2 aromatic heterocycles. The number of aromatic nitrogens is 3. The van der Waals surface area contributed by atoms with E-state index in [-0.39, 0.29) is 0 Å². The Morgan fingerprint density at radius 2 is 2.28 bits per heavy atom. The molecule has 0 unspecified atom stereocenters. The lowest BCUT2D eigenvalue weighted by Crippen LogP contribution is -2.14. The Bertz CT molecular complexity index is 507. The van der Waals surface area contributed by atoms with Crippen LogP contribution in [0.1, 0.15) is 24.1 Å². The van der Waals surface area contributed by atoms with Crippen LogP contribution in [0.3, 0.4) is 0 Å². The van der Waals surface area contributed by atoms with Crippen molar-refractivity contribution in [3.8, 4) is 0 Å². The van der Waals surface area contributed by atoms with Crippen LogP contribution in [-0.2, 0) is 26.6 Å². The van der Waals surface area contributed by atoms with Crippen molar-refractivity contribution in [2.24, 2.45) is 7.05 Å². The number of nitrogens with zero attached hydrogens (tertiary/aromatic N) is 3. The lowest BCUT2D eigenvalue weighted by molar-refractivity contribution is 0.635. The van der Waals surface area contributed by atoms with Gasteiger partial charge in [0.15, 0.2) is 0 Å². The standard InChI is InChI=1S/C14H20N4/c1-17-14(4-7-16-17)6-9-18-8-5-12(11-18)10-15-13-2-3-13/h4-5,7-8,11,13,15H,2-3,6,9-10H2,1H3. The molecule has 0 bridgehead atoms. The quantitative estimate of drug-likeness (QED) is 0.839. The van der Waals surface area contributed by atoms with Gasteiger partial charge in [-0.2, -0.15) is 5.10 Å². The second-order valence-corrected chi connectivity index (χ2v) is 5.11. The van der Waals surface area contributed by atoms with Crippen molar-refractivity contribution >= 4 is 0 Å². The summed E-state index contributed by atoms with van der Waals surface area (Å²) in [5, 5.41) is 7.72. The highest BCUT2D eigenvalue weighted by atomic mass is 15.3. The molecule has 2 heterocycles. The Kier molecular flexibility index (Phi) is 3.19. The molecule has 1 fully saturated rings. The highest BCUT2D eigenvalue weighted by Crippen LogP contribution is 2.19. The van der Waals surface area contributed by atoms with E-state index in [2.05, 4.69) is 39.5 Å².